The van der Waals surface area contributed by atoms with Crippen LogP contribution in [-0.2, 0) is 56.4 Å². The average molecular weight is 530 g/mol. The second-order valence-corrected chi connectivity index (χ2v) is 9.50. The van der Waals surface area contributed by atoms with E-state index < -0.39 is 0 Å². The third-order valence-corrected chi connectivity index (χ3v) is 7.35. The van der Waals surface area contributed by atoms with Gasteiger partial charge in [-0.25, -0.2) is 0 Å². The fraction of sp³-hybridized carbons (Fsp3) is 1.00. The average Bonchev–Trinajstić information content (AvgIpc) is 2.80. The van der Waals surface area contributed by atoms with Gasteiger partial charge in [-0.2, -0.15) is 0 Å². The molecule has 2 heterocycles. The van der Waals surface area contributed by atoms with Crippen LogP contribution in [0.4, 0.5) is 0 Å². The predicted molar refractivity (Wildman–Crippen MR) is 120 cm³/mol. The molecule has 0 spiro atoms. The molecule has 4 fully saturated rings. The Hall–Kier alpha value is 0.824. The van der Waals surface area contributed by atoms with Gasteiger partial charge < -0.3 is 23.7 Å². The molecule has 4 atom stereocenters. The van der Waals surface area contributed by atoms with Gasteiger partial charge in [-0.05, 0) is 25.7 Å². The second-order valence-electron chi connectivity index (χ2n) is 9.50. The normalized spacial score (nSPS) is 39.0. The van der Waals surface area contributed by atoms with Gasteiger partial charge in [0.05, 0.1) is 64.1 Å². The van der Waals surface area contributed by atoms with Crippen molar-refractivity contribution in [2.45, 2.75) is 75.8 Å². The smallest absolute Gasteiger partial charge is 0.379 e. The number of rotatable bonds is 0. The molecule has 2 aliphatic heterocycles. The van der Waals surface area contributed by atoms with Crippen molar-refractivity contribution in [2.24, 2.45) is 0 Å². The molecule has 32 heavy (non-hydrogen) atoms. The van der Waals surface area contributed by atoms with Crippen molar-refractivity contribution in [3.63, 3.8) is 0 Å². The van der Waals surface area contributed by atoms with Crippen LogP contribution in [0.3, 0.4) is 0 Å². The van der Waals surface area contributed by atoms with E-state index in [0.717, 1.165) is 105 Å². The maximum absolute atomic E-state index is 6.35. The fourth-order valence-electron chi connectivity index (χ4n) is 5.38. The minimum absolute atomic E-state index is 0. The number of nitrogens with zero attached hydrogens (tertiary/aromatic N) is 2. The van der Waals surface area contributed by atoms with Crippen LogP contribution in [0.5, 0.6) is 0 Å². The first kappa shape index (κ1) is 27.4. The third kappa shape index (κ3) is 9.12. The summed E-state index contributed by atoms with van der Waals surface area (Å²) in [5, 5.41) is 0. The molecule has 4 unspecified atom stereocenters. The molecular formula is C24H44N2O5Y+3. The summed E-state index contributed by atoms with van der Waals surface area (Å²) in [4.78, 5) is 4.88. The SMILES string of the molecule is C1CCC2OCCN3CCOCCN(CCOC2C1)CCOC1CCCCC1OCC3.[Y+3]. The zero-order valence-electron chi connectivity index (χ0n) is 20.0. The molecule has 180 valence electrons. The molecule has 2 saturated heterocycles. The minimum atomic E-state index is 0. The molecule has 0 aromatic rings. The van der Waals surface area contributed by atoms with Gasteiger partial charge in [0.2, 0.25) is 0 Å². The van der Waals surface area contributed by atoms with Crippen molar-refractivity contribution in [1.29, 1.82) is 0 Å². The fourth-order valence-corrected chi connectivity index (χ4v) is 5.38. The van der Waals surface area contributed by atoms with Gasteiger partial charge >= 0.3 is 32.7 Å². The molecular weight excluding hydrogens is 485 g/mol. The van der Waals surface area contributed by atoms with Crippen molar-refractivity contribution in [3.8, 4) is 0 Å². The molecule has 0 amide bonds. The Labute approximate surface area is 220 Å². The first-order valence-corrected chi connectivity index (χ1v) is 12.9. The Kier molecular flexibility index (Phi) is 13.5. The molecule has 8 heteroatoms. The molecule has 4 aliphatic rings. The summed E-state index contributed by atoms with van der Waals surface area (Å²) >= 11 is 0. The van der Waals surface area contributed by atoms with Crippen molar-refractivity contribution >= 4 is 0 Å². The standard InChI is InChI=1S/C24H44N2O5.Y/c1-2-6-22-21(5-1)28-17-11-25-9-15-27-16-10-26(12-18-29-22)14-20-31-24-8-4-3-7-23(24)30-19-13-25;/h21-24H,1-20H2;/q;+3. The largest absolute Gasteiger partial charge is 3.00 e. The Bertz CT molecular complexity index is 425. The minimum Gasteiger partial charge on any atom is -0.379 e. The quantitative estimate of drug-likeness (QED) is 0.447. The van der Waals surface area contributed by atoms with Gasteiger partial charge in [-0.3, -0.25) is 9.80 Å². The van der Waals surface area contributed by atoms with Gasteiger partial charge in [-0.15, -0.1) is 0 Å². The third-order valence-electron chi connectivity index (χ3n) is 7.35. The zero-order chi connectivity index (χ0) is 21.1. The van der Waals surface area contributed by atoms with E-state index in [9.17, 15) is 0 Å². The van der Waals surface area contributed by atoms with Crippen LogP contribution < -0.4 is 0 Å². The van der Waals surface area contributed by atoms with Crippen LogP contribution in [0.1, 0.15) is 51.4 Å². The molecule has 0 N–H and O–H groups in total. The van der Waals surface area contributed by atoms with Crippen molar-refractivity contribution in [1.82, 2.24) is 9.80 Å². The summed E-state index contributed by atoms with van der Waals surface area (Å²) in [6, 6.07) is 0. The van der Waals surface area contributed by atoms with Gasteiger partial charge in [-0.1, -0.05) is 25.7 Å². The number of ether oxygens (including phenoxy) is 5. The van der Waals surface area contributed by atoms with Crippen molar-refractivity contribution < 1.29 is 56.4 Å². The monoisotopic (exact) mass is 529 g/mol. The van der Waals surface area contributed by atoms with E-state index in [1.807, 2.05) is 0 Å². The maximum Gasteiger partial charge on any atom is 3.00 e. The van der Waals surface area contributed by atoms with Crippen molar-refractivity contribution in [2.75, 3.05) is 78.9 Å². The molecule has 0 aromatic heterocycles. The summed E-state index contributed by atoms with van der Waals surface area (Å²) < 4.78 is 31.4. The van der Waals surface area contributed by atoms with E-state index in [2.05, 4.69) is 9.80 Å². The molecule has 2 aliphatic carbocycles. The molecule has 4 rings (SSSR count). The first-order chi connectivity index (χ1) is 15.4. The first-order valence-electron chi connectivity index (χ1n) is 12.9. The van der Waals surface area contributed by atoms with E-state index in [1.165, 1.54) is 25.7 Å². The number of hydrogen-bond donors (Lipinski definition) is 0. The van der Waals surface area contributed by atoms with E-state index in [0.29, 0.717) is 0 Å². The molecule has 2 saturated carbocycles. The van der Waals surface area contributed by atoms with Gasteiger partial charge in [0.1, 0.15) is 0 Å². The Morgan fingerprint density at radius 3 is 1.00 bits per heavy atom. The summed E-state index contributed by atoms with van der Waals surface area (Å²) in [6.45, 7) is 10.1. The Morgan fingerprint density at radius 1 is 0.406 bits per heavy atom. The molecule has 0 radical (unpaired) electrons. The zero-order valence-corrected chi connectivity index (χ0v) is 22.8. The maximum atomic E-state index is 6.35. The van der Waals surface area contributed by atoms with E-state index in [-0.39, 0.29) is 57.1 Å². The predicted octanol–water partition coefficient (Wildman–Crippen LogP) is 2.32. The number of hydrogen-bond acceptors (Lipinski definition) is 7. The van der Waals surface area contributed by atoms with Gasteiger partial charge in [0.25, 0.3) is 0 Å². The summed E-state index contributed by atoms with van der Waals surface area (Å²) in [7, 11) is 0. The Morgan fingerprint density at radius 2 is 0.688 bits per heavy atom. The van der Waals surface area contributed by atoms with Crippen LogP contribution in [0, 0.1) is 0 Å². The van der Waals surface area contributed by atoms with Crippen LogP contribution in [0.2, 0.25) is 0 Å². The van der Waals surface area contributed by atoms with Crippen LogP contribution in [0.25, 0.3) is 0 Å². The van der Waals surface area contributed by atoms with Crippen LogP contribution >= 0.6 is 0 Å². The topological polar surface area (TPSA) is 52.6 Å². The van der Waals surface area contributed by atoms with Crippen molar-refractivity contribution in [3.05, 3.63) is 0 Å². The Balaban J connectivity index is 0.00000289. The summed E-state index contributed by atoms with van der Waals surface area (Å²) in [5.41, 5.74) is 0. The van der Waals surface area contributed by atoms with E-state index >= 15 is 0 Å². The van der Waals surface area contributed by atoms with E-state index in [4.69, 9.17) is 23.7 Å². The second kappa shape index (κ2) is 15.7. The van der Waals surface area contributed by atoms with Gasteiger partial charge in [0.15, 0.2) is 0 Å². The van der Waals surface area contributed by atoms with Crippen LogP contribution in [-0.4, -0.2) is 113 Å². The summed E-state index contributed by atoms with van der Waals surface area (Å²) in [5.74, 6) is 0. The summed E-state index contributed by atoms with van der Waals surface area (Å²) in [6.07, 6.45) is 10.5. The molecule has 2 bridgehead atoms. The van der Waals surface area contributed by atoms with E-state index in [1.54, 1.807) is 0 Å². The molecule has 7 nitrogen and oxygen atoms in total. The van der Waals surface area contributed by atoms with Gasteiger partial charge in [0, 0.05) is 39.3 Å². The van der Waals surface area contributed by atoms with Crippen LogP contribution in [0.15, 0.2) is 0 Å². The molecule has 0 aromatic carbocycles. The number of fused-ring (bicyclic) bond motifs is 8.